The van der Waals surface area contributed by atoms with Gasteiger partial charge in [0.05, 0.1) is 23.3 Å². The number of carbonyl (C=O) groups excluding carboxylic acids is 2. The number of ether oxygens (including phenoxy) is 1. The molecule has 0 radical (unpaired) electrons. The molecule has 0 fully saturated rings. The lowest BCUT2D eigenvalue weighted by Crippen LogP contribution is -2.28. The third-order valence-corrected chi connectivity index (χ3v) is 3.26. The van der Waals surface area contributed by atoms with Gasteiger partial charge in [0, 0.05) is 20.2 Å². The number of nitrogens with zero attached hydrogens (tertiary/aromatic N) is 2. The van der Waals surface area contributed by atoms with Gasteiger partial charge in [-0.3, -0.25) is 14.9 Å². The molecule has 0 aliphatic rings. The fourth-order valence-corrected chi connectivity index (χ4v) is 2.04. The zero-order chi connectivity index (χ0) is 18.4. The van der Waals surface area contributed by atoms with Crippen LogP contribution in [-0.2, 0) is 16.1 Å². The average molecular weight is 347 g/mol. The first kappa shape index (κ1) is 18.0. The summed E-state index contributed by atoms with van der Waals surface area (Å²) in [4.78, 5) is 35.7. The second-order valence-corrected chi connectivity index (χ2v) is 5.29. The number of hydrogen-bond acceptors (Lipinski definition) is 7. The molecule has 1 N–H and O–H groups in total. The third kappa shape index (κ3) is 4.80. The lowest BCUT2D eigenvalue weighted by atomic mass is 10.1. The Balaban J connectivity index is 1.95. The van der Waals surface area contributed by atoms with E-state index in [9.17, 15) is 19.7 Å². The van der Waals surface area contributed by atoms with E-state index in [0.29, 0.717) is 11.4 Å². The lowest BCUT2D eigenvalue weighted by Gasteiger charge is -2.13. The zero-order valence-electron chi connectivity index (χ0n) is 13.7. The summed E-state index contributed by atoms with van der Waals surface area (Å²) in [6, 6.07) is 7.36. The fourth-order valence-electron chi connectivity index (χ4n) is 2.04. The van der Waals surface area contributed by atoms with E-state index in [-0.39, 0.29) is 17.8 Å². The number of anilines is 1. The molecule has 0 saturated heterocycles. The number of nitro benzene ring substituents is 1. The maximum absolute atomic E-state index is 12.0. The van der Waals surface area contributed by atoms with Crippen LogP contribution in [0.4, 0.5) is 11.4 Å². The van der Waals surface area contributed by atoms with Crippen LogP contribution in [-0.4, -0.2) is 37.5 Å². The van der Waals surface area contributed by atoms with Crippen LogP contribution in [0.5, 0.6) is 0 Å². The third-order valence-electron chi connectivity index (χ3n) is 3.26. The zero-order valence-corrected chi connectivity index (χ0v) is 13.7. The summed E-state index contributed by atoms with van der Waals surface area (Å²) in [6.07, 6.45) is 1.48. The Morgan fingerprint density at radius 1 is 1.32 bits per heavy atom. The molecule has 0 unspecified atom stereocenters. The molecule has 0 atom stereocenters. The first-order valence-electron chi connectivity index (χ1n) is 7.30. The quantitative estimate of drug-likeness (QED) is 0.461. The van der Waals surface area contributed by atoms with Crippen molar-refractivity contribution in [1.82, 2.24) is 5.32 Å². The summed E-state index contributed by atoms with van der Waals surface area (Å²) < 4.78 is 9.93. The topological polar surface area (TPSA) is 115 Å². The standard InChI is InChI=1S/C16H17N3O6/c1-18(2)13-6-5-11(8-14(13)19(22)23)16(21)25-10-15(20)17-9-12-4-3-7-24-12/h3-8H,9-10H2,1-2H3,(H,17,20). The van der Waals surface area contributed by atoms with Crippen LogP contribution in [0, 0.1) is 10.1 Å². The van der Waals surface area contributed by atoms with E-state index in [1.807, 2.05) is 0 Å². The highest BCUT2D eigenvalue weighted by Gasteiger charge is 2.20. The largest absolute Gasteiger partial charge is 0.467 e. The van der Waals surface area contributed by atoms with Crippen LogP contribution in [0.1, 0.15) is 16.1 Å². The molecule has 25 heavy (non-hydrogen) atoms. The van der Waals surface area contributed by atoms with Gasteiger partial charge >= 0.3 is 5.97 Å². The smallest absolute Gasteiger partial charge is 0.338 e. The maximum atomic E-state index is 12.0. The van der Waals surface area contributed by atoms with E-state index in [1.165, 1.54) is 18.4 Å². The van der Waals surface area contributed by atoms with Crippen molar-refractivity contribution in [2.45, 2.75) is 6.54 Å². The molecule has 0 bridgehead atoms. The summed E-state index contributed by atoms with van der Waals surface area (Å²) in [7, 11) is 3.31. The summed E-state index contributed by atoms with van der Waals surface area (Å²) in [5.41, 5.74) is 0.135. The SMILES string of the molecule is CN(C)c1ccc(C(=O)OCC(=O)NCc2ccco2)cc1[N+](=O)[O-]. The molecule has 9 heteroatoms. The van der Waals surface area contributed by atoms with Crippen LogP contribution in [0.25, 0.3) is 0 Å². The Labute approximate surface area is 143 Å². The Morgan fingerprint density at radius 2 is 2.08 bits per heavy atom. The number of esters is 1. The molecule has 2 rings (SSSR count). The highest BCUT2D eigenvalue weighted by Crippen LogP contribution is 2.27. The van der Waals surface area contributed by atoms with E-state index in [2.05, 4.69) is 5.32 Å². The molecular weight excluding hydrogens is 330 g/mol. The van der Waals surface area contributed by atoms with Crippen LogP contribution in [0.3, 0.4) is 0 Å². The van der Waals surface area contributed by atoms with Gasteiger partial charge in [-0.25, -0.2) is 4.79 Å². The second-order valence-electron chi connectivity index (χ2n) is 5.29. The van der Waals surface area contributed by atoms with Gasteiger partial charge in [-0.15, -0.1) is 0 Å². The normalized spacial score (nSPS) is 10.2. The molecule has 0 saturated carbocycles. The molecule has 1 heterocycles. The van der Waals surface area contributed by atoms with E-state index < -0.39 is 23.4 Å². The van der Waals surface area contributed by atoms with Crippen molar-refractivity contribution in [2.75, 3.05) is 25.6 Å². The minimum absolute atomic E-state index is 0.00358. The van der Waals surface area contributed by atoms with Gasteiger partial charge in [0.25, 0.3) is 11.6 Å². The number of benzene rings is 1. The summed E-state index contributed by atoms with van der Waals surface area (Å²) >= 11 is 0. The van der Waals surface area contributed by atoms with Gasteiger partial charge in [0.15, 0.2) is 6.61 Å². The Bertz CT molecular complexity index is 770. The number of amides is 1. The molecule has 1 aromatic carbocycles. The van der Waals surface area contributed by atoms with Crippen LogP contribution < -0.4 is 10.2 Å². The van der Waals surface area contributed by atoms with Gasteiger partial charge in [-0.05, 0) is 24.3 Å². The minimum Gasteiger partial charge on any atom is -0.467 e. The first-order valence-corrected chi connectivity index (χ1v) is 7.30. The van der Waals surface area contributed by atoms with Gasteiger partial charge in [0.2, 0.25) is 0 Å². The van der Waals surface area contributed by atoms with Crippen molar-refractivity contribution in [3.8, 4) is 0 Å². The van der Waals surface area contributed by atoms with Gasteiger partial charge in [-0.1, -0.05) is 0 Å². The Kier molecular flexibility index (Phi) is 5.72. The van der Waals surface area contributed by atoms with Crippen molar-refractivity contribution in [2.24, 2.45) is 0 Å². The number of hydrogen-bond donors (Lipinski definition) is 1. The van der Waals surface area contributed by atoms with E-state index >= 15 is 0 Å². The lowest BCUT2D eigenvalue weighted by molar-refractivity contribution is -0.384. The highest BCUT2D eigenvalue weighted by molar-refractivity contribution is 5.93. The second kappa shape index (κ2) is 7.95. The monoisotopic (exact) mass is 347 g/mol. The molecule has 0 aliphatic carbocycles. The molecule has 2 aromatic rings. The van der Waals surface area contributed by atoms with Crippen molar-refractivity contribution in [1.29, 1.82) is 0 Å². The summed E-state index contributed by atoms with van der Waals surface area (Å²) in [5.74, 6) is -0.764. The van der Waals surface area contributed by atoms with Gasteiger partial charge in [-0.2, -0.15) is 0 Å². The summed E-state index contributed by atoms with van der Waals surface area (Å²) in [6.45, 7) is -0.324. The van der Waals surface area contributed by atoms with Crippen molar-refractivity contribution >= 4 is 23.3 Å². The molecular formula is C16H17N3O6. The maximum Gasteiger partial charge on any atom is 0.338 e. The summed E-state index contributed by atoms with van der Waals surface area (Å²) in [5, 5.41) is 13.6. The molecule has 0 spiro atoms. The van der Waals surface area contributed by atoms with Gasteiger partial charge < -0.3 is 19.4 Å². The van der Waals surface area contributed by atoms with E-state index in [0.717, 1.165) is 6.07 Å². The van der Waals surface area contributed by atoms with Crippen molar-refractivity contribution < 1.29 is 23.7 Å². The molecule has 1 aromatic heterocycles. The van der Waals surface area contributed by atoms with Crippen LogP contribution in [0.15, 0.2) is 41.0 Å². The van der Waals surface area contributed by atoms with Crippen LogP contribution >= 0.6 is 0 Å². The number of carbonyl (C=O) groups is 2. The molecule has 1 amide bonds. The first-order chi connectivity index (χ1) is 11.9. The van der Waals surface area contributed by atoms with Gasteiger partial charge in [0.1, 0.15) is 11.4 Å². The fraction of sp³-hybridized carbons (Fsp3) is 0.250. The van der Waals surface area contributed by atoms with Crippen molar-refractivity contribution in [3.05, 3.63) is 58.0 Å². The Hall–Kier alpha value is -3.36. The Morgan fingerprint density at radius 3 is 2.68 bits per heavy atom. The molecule has 0 aliphatic heterocycles. The van der Waals surface area contributed by atoms with E-state index in [1.54, 1.807) is 31.1 Å². The highest BCUT2D eigenvalue weighted by atomic mass is 16.6. The number of nitro groups is 1. The predicted molar refractivity (Wildman–Crippen MR) is 88.3 cm³/mol. The minimum atomic E-state index is -0.818. The van der Waals surface area contributed by atoms with Crippen LogP contribution in [0.2, 0.25) is 0 Å². The number of nitrogens with one attached hydrogen (secondary N) is 1. The van der Waals surface area contributed by atoms with E-state index in [4.69, 9.17) is 9.15 Å². The molecule has 9 nitrogen and oxygen atoms in total. The number of furan rings is 1. The number of rotatable bonds is 7. The predicted octanol–water partition coefficient (Wildman–Crippen LogP) is 1.73. The average Bonchev–Trinajstić information content (AvgIpc) is 3.10. The van der Waals surface area contributed by atoms with Crippen molar-refractivity contribution in [3.63, 3.8) is 0 Å². The molecule has 132 valence electrons.